The fourth-order valence-corrected chi connectivity index (χ4v) is 4.26. The summed E-state index contributed by atoms with van der Waals surface area (Å²) in [6.45, 7) is 3.77. The number of amides is 1. The molecular weight excluding hydrogens is 448 g/mol. The van der Waals surface area contributed by atoms with Crippen molar-refractivity contribution in [2.24, 2.45) is 4.99 Å². The first-order valence-electron chi connectivity index (χ1n) is 10.2. The predicted molar refractivity (Wildman–Crippen MR) is 122 cm³/mol. The Kier molecular flexibility index (Phi) is 7.83. The molecule has 33 heavy (non-hydrogen) atoms. The van der Waals surface area contributed by atoms with E-state index in [9.17, 15) is 14.4 Å². The van der Waals surface area contributed by atoms with E-state index in [1.54, 1.807) is 54.8 Å². The molecule has 10 heteroatoms. The number of carbonyl (C=O) groups is 3. The molecule has 0 fully saturated rings. The van der Waals surface area contributed by atoms with Gasteiger partial charge in [0.15, 0.2) is 16.3 Å². The molecule has 1 amide bonds. The number of esters is 2. The van der Waals surface area contributed by atoms with E-state index in [0.717, 1.165) is 0 Å². The average molecular weight is 473 g/mol. The number of rotatable bonds is 8. The number of hydrogen-bond acceptors (Lipinski definition) is 8. The van der Waals surface area contributed by atoms with Crippen LogP contribution in [0.1, 0.15) is 34.6 Å². The second kappa shape index (κ2) is 10.8. The molecule has 0 bridgehead atoms. The zero-order chi connectivity index (χ0) is 24.0. The molecule has 0 unspecified atom stereocenters. The maximum Gasteiger partial charge on any atom is 0.338 e. The maximum atomic E-state index is 13.1. The summed E-state index contributed by atoms with van der Waals surface area (Å²) in [5, 5.41) is 0. The number of benzene rings is 2. The van der Waals surface area contributed by atoms with E-state index in [0.29, 0.717) is 21.5 Å². The minimum atomic E-state index is -0.569. The summed E-state index contributed by atoms with van der Waals surface area (Å²) < 4.78 is 23.0. The molecule has 9 nitrogen and oxygen atoms in total. The Morgan fingerprint density at radius 2 is 1.76 bits per heavy atom. The molecule has 0 N–H and O–H groups in total. The van der Waals surface area contributed by atoms with Crippen LogP contribution in [-0.2, 0) is 20.8 Å². The molecule has 1 heterocycles. The van der Waals surface area contributed by atoms with Gasteiger partial charge in [-0.25, -0.2) is 4.79 Å². The molecular formula is C23H24N2O7S. The Morgan fingerprint density at radius 3 is 2.42 bits per heavy atom. The van der Waals surface area contributed by atoms with E-state index < -0.39 is 17.8 Å². The number of thiazole rings is 1. The number of hydrogen-bond donors (Lipinski definition) is 0. The average Bonchev–Trinajstić information content (AvgIpc) is 3.14. The van der Waals surface area contributed by atoms with Gasteiger partial charge in [-0.15, -0.1) is 0 Å². The van der Waals surface area contributed by atoms with Crippen LogP contribution in [0, 0.1) is 0 Å². The third kappa shape index (κ3) is 5.23. The van der Waals surface area contributed by atoms with Crippen molar-refractivity contribution in [1.29, 1.82) is 0 Å². The van der Waals surface area contributed by atoms with Crippen molar-refractivity contribution in [3.8, 4) is 11.5 Å². The Morgan fingerprint density at radius 1 is 1.00 bits per heavy atom. The smallest absolute Gasteiger partial charge is 0.338 e. The quantitative estimate of drug-likeness (QED) is 0.464. The number of aromatic nitrogens is 1. The summed E-state index contributed by atoms with van der Waals surface area (Å²) in [6.07, 6.45) is 0. The summed E-state index contributed by atoms with van der Waals surface area (Å²) in [6, 6.07) is 9.85. The van der Waals surface area contributed by atoms with E-state index >= 15 is 0 Å². The fourth-order valence-electron chi connectivity index (χ4n) is 3.19. The van der Waals surface area contributed by atoms with Gasteiger partial charge in [0.05, 0.1) is 48.8 Å². The van der Waals surface area contributed by atoms with E-state index in [4.69, 9.17) is 18.9 Å². The number of carbonyl (C=O) groups excluding carboxylic acids is 3. The molecule has 174 valence electrons. The third-order valence-electron chi connectivity index (χ3n) is 4.62. The molecule has 0 saturated heterocycles. The molecule has 3 rings (SSSR count). The monoisotopic (exact) mass is 472 g/mol. The normalized spacial score (nSPS) is 11.3. The molecule has 0 saturated carbocycles. The molecule has 3 aromatic rings. The van der Waals surface area contributed by atoms with E-state index in [2.05, 4.69) is 4.99 Å². The molecule has 0 aliphatic carbocycles. The van der Waals surface area contributed by atoms with Gasteiger partial charge in [-0.1, -0.05) is 17.4 Å². The van der Waals surface area contributed by atoms with Gasteiger partial charge in [0.1, 0.15) is 6.54 Å². The van der Waals surface area contributed by atoms with Gasteiger partial charge in [0.25, 0.3) is 5.91 Å². The molecule has 0 radical (unpaired) electrons. The fraction of sp³-hybridized carbons (Fsp3) is 0.304. The van der Waals surface area contributed by atoms with Crippen LogP contribution < -0.4 is 14.3 Å². The summed E-state index contributed by atoms with van der Waals surface area (Å²) >= 11 is 1.17. The van der Waals surface area contributed by atoms with Crippen molar-refractivity contribution in [3.05, 3.63) is 52.3 Å². The highest BCUT2D eigenvalue weighted by Crippen LogP contribution is 2.31. The largest absolute Gasteiger partial charge is 0.493 e. The first-order valence-corrected chi connectivity index (χ1v) is 11.0. The summed E-state index contributed by atoms with van der Waals surface area (Å²) in [7, 11) is 2.91. The maximum absolute atomic E-state index is 13.1. The van der Waals surface area contributed by atoms with Crippen molar-refractivity contribution >= 4 is 39.4 Å². The molecule has 0 aliphatic rings. The number of para-hydroxylation sites is 1. The Balaban J connectivity index is 2.15. The van der Waals surface area contributed by atoms with E-state index in [-0.39, 0.29) is 35.9 Å². The molecule has 0 aliphatic heterocycles. The van der Waals surface area contributed by atoms with E-state index in [1.807, 2.05) is 0 Å². The minimum Gasteiger partial charge on any atom is -0.493 e. The lowest BCUT2D eigenvalue weighted by atomic mass is 10.2. The van der Waals surface area contributed by atoms with Crippen LogP contribution in [0.2, 0.25) is 0 Å². The van der Waals surface area contributed by atoms with Crippen molar-refractivity contribution in [2.75, 3.05) is 27.4 Å². The van der Waals surface area contributed by atoms with Crippen molar-refractivity contribution in [1.82, 2.24) is 4.57 Å². The number of ether oxygens (including phenoxy) is 4. The first kappa shape index (κ1) is 24.0. The van der Waals surface area contributed by atoms with Gasteiger partial charge < -0.3 is 23.5 Å². The zero-order valence-corrected chi connectivity index (χ0v) is 19.6. The van der Waals surface area contributed by atoms with Gasteiger partial charge in [0.2, 0.25) is 0 Å². The van der Waals surface area contributed by atoms with Crippen LogP contribution in [0.4, 0.5) is 0 Å². The van der Waals surface area contributed by atoms with Crippen LogP contribution in [0.15, 0.2) is 41.4 Å². The molecule has 0 spiro atoms. The second-order valence-electron chi connectivity index (χ2n) is 6.64. The van der Waals surface area contributed by atoms with Gasteiger partial charge in [-0.2, -0.15) is 4.99 Å². The Hall–Kier alpha value is -3.66. The third-order valence-corrected chi connectivity index (χ3v) is 5.66. The SMILES string of the molecule is CCOC(=O)Cn1c(=NC(=O)c2cccc(OC)c2OC)sc2cc(C(=O)OCC)ccc21. The summed E-state index contributed by atoms with van der Waals surface area (Å²) in [4.78, 5) is 42.0. The van der Waals surface area contributed by atoms with Crippen LogP contribution in [0.5, 0.6) is 11.5 Å². The number of fused-ring (bicyclic) bond motifs is 1. The van der Waals surface area contributed by atoms with Crippen molar-refractivity contribution < 1.29 is 33.3 Å². The van der Waals surface area contributed by atoms with Crippen LogP contribution >= 0.6 is 11.3 Å². The van der Waals surface area contributed by atoms with Gasteiger partial charge >= 0.3 is 11.9 Å². The first-order chi connectivity index (χ1) is 15.9. The predicted octanol–water partition coefficient (Wildman–Crippen LogP) is 3.20. The van der Waals surface area contributed by atoms with Gasteiger partial charge in [-0.3, -0.25) is 9.59 Å². The lowest BCUT2D eigenvalue weighted by molar-refractivity contribution is -0.143. The standard InChI is InChI=1S/C23H24N2O7S/c1-5-31-19(26)13-25-16-11-10-14(22(28)32-6-2)12-18(16)33-23(25)24-21(27)15-8-7-9-17(29-3)20(15)30-4/h7-12H,5-6,13H2,1-4H3. The highest BCUT2D eigenvalue weighted by Gasteiger charge is 2.18. The Labute approximate surface area is 194 Å². The molecule has 1 aromatic heterocycles. The van der Waals surface area contributed by atoms with Gasteiger partial charge in [-0.05, 0) is 44.2 Å². The number of nitrogens with zero attached hydrogens (tertiary/aromatic N) is 2. The number of methoxy groups -OCH3 is 2. The molecule has 2 aromatic carbocycles. The second-order valence-corrected chi connectivity index (χ2v) is 7.65. The topological polar surface area (TPSA) is 105 Å². The summed E-state index contributed by atoms with van der Waals surface area (Å²) in [5.74, 6) is -0.842. The van der Waals surface area contributed by atoms with Crippen LogP contribution in [0.25, 0.3) is 10.2 Å². The van der Waals surface area contributed by atoms with Gasteiger partial charge in [0, 0.05) is 0 Å². The minimum absolute atomic E-state index is 0.145. The lowest BCUT2D eigenvalue weighted by Crippen LogP contribution is -2.23. The van der Waals surface area contributed by atoms with Crippen molar-refractivity contribution in [3.63, 3.8) is 0 Å². The molecule has 0 atom stereocenters. The van der Waals surface area contributed by atoms with Crippen molar-refractivity contribution in [2.45, 2.75) is 20.4 Å². The Bertz CT molecular complexity index is 1260. The van der Waals surface area contributed by atoms with E-state index in [1.165, 1.54) is 25.6 Å². The summed E-state index contributed by atoms with van der Waals surface area (Å²) in [5.41, 5.74) is 1.20. The lowest BCUT2D eigenvalue weighted by Gasteiger charge is -2.10. The van der Waals surface area contributed by atoms with Crippen LogP contribution in [0.3, 0.4) is 0 Å². The van der Waals surface area contributed by atoms with Crippen LogP contribution in [-0.4, -0.2) is 49.8 Å². The highest BCUT2D eigenvalue weighted by molar-refractivity contribution is 7.16. The highest BCUT2D eigenvalue weighted by atomic mass is 32.1. The zero-order valence-electron chi connectivity index (χ0n) is 18.7.